The topological polar surface area (TPSA) is 54.0 Å². The van der Waals surface area contributed by atoms with E-state index in [0.29, 0.717) is 52.7 Å². The Kier molecular flexibility index (Phi) is 12.2. The minimum atomic E-state index is 0.146. The molecule has 0 rings (SSSR count). The van der Waals surface area contributed by atoms with Gasteiger partial charge in [-0.05, 0) is 6.92 Å². The summed E-state index contributed by atoms with van der Waals surface area (Å²) < 4.78 is 20.4. The molecule has 0 aromatic rings. The number of ketones is 1. The third kappa shape index (κ3) is 13.5. The molecule has 0 aromatic heterocycles. The van der Waals surface area contributed by atoms with Crippen LogP contribution in [0.1, 0.15) is 13.3 Å². The zero-order valence-electron chi connectivity index (χ0n) is 10.2. The highest BCUT2D eigenvalue weighted by Gasteiger charge is 1.94. The Morgan fingerprint density at radius 1 is 0.812 bits per heavy atom. The van der Waals surface area contributed by atoms with Gasteiger partial charge >= 0.3 is 0 Å². The molecule has 0 unspecified atom stereocenters. The molecule has 0 aliphatic rings. The first-order valence-corrected chi connectivity index (χ1v) is 5.49. The third-order valence-electron chi connectivity index (χ3n) is 1.77. The number of hydrogen-bond acceptors (Lipinski definition) is 5. The maximum absolute atomic E-state index is 10.6. The lowest BCUT2D eigenvalue weighted by atomic mass is 10.3. The van der Waals surface area contributed by atoms with Gasteiger partial charge in [-0.25, -0.2) is 0 Å². The fraction of sp³-hybridized carbons (Fsp3) is 0.909. The van der Waals surface area contributed by atoms with E-state index in [1.165, 1.54) is 0 Å². The summed E-state index contributed by atoms with van der Waals surface area (Å²) in [6.07, 6.45) is 0.472. The molecule has 0 amide bonds. The molecule has 0 N–H and O–H groups in total. The first kappa shape index (κ1) is 15.5. The van der Waals surface area contributed by atoms with E-state index in [4.69, 9.17) is 18.9 Å². The van der Waals surface area contributed by atoms with E-state index >= 15 is 0 Å². The van der Waals surface area contributed by atoms with E-state index in [1.807, 2.05) is 0 Å². The van der Waals surface area contributed by atoms with Crippen LogP contribution in [-0.4, -0.2) is 59.1 Å². The predicted octanol–water partition coefficient (Wildman–Crippen LogP) is 0.662. The second-order valence-electron chi connectivity index (χ2n) is 3.28. The van der Waals surface area contributed by atoms with Crippen LogP contribution in [0.2, 0.25) is 0 Å². The molecule has 5 nitrogen and oxygen atoms in total. The molecule has 0 aliphatic carbocycles. The van der Waals surface area contributed by atoms with E-state index in [-0.39, 0.29) is 5.78 Å². The predicted molar refractivity (Wildman–Crippen MR) is 59.6 cm³/mol. The van der Waals surface area contributed by atoms with Crippen molar-refractivity contribution in [3.8, 4) is 0 Å². The number of Topliss-reactive ketones (excluding diaryl/α,β-unsaturated/α-hetero) is 1. The second kappa shape index (κ2) is 12.6. The van der Waals surface area contributed by atoms with E-state index in [0.717, 1.165) is 0 Å². The van der Waals surface area contributed by atoms with Crippen LogP contribution >= 0.6 is 0 Å². The highest BCUT2D eigenvalue weighted by Crippen LogP contribution is 1.85. The van der Waals surface area contributed by atoms with E-state index in [2.05, 4.69) is 0 Å². The molecule has 0 aromatic carbocycles. The van der Waals surface area contributed by atoms with Gasteiger partial charge in [-0.2, -0.15) is 0 Å². The number of methoxy groups -OCH3 is 1. The first-order valence-electron chi connectivity index (χ1n) is 5.49. The van der Waals surface area contributed by atoms with E-state index in [9.17, 15) is 4.79 Å². The van der Waals surface area contributed by atoms with Crippen LogP contribution in [0.15, 0.2) is 0 Å². The summed E-state index contributed by atoms with van der Waals surface area (Å²) in [6, 6.07) is 0. The molecule has 96 valence electrons. The lowest BCUT2D eigenvalue weighted by Crippen LogP contribution is -2.12. The van der Waals surface area contributed by atoms with Crippen molar-refractivity contribution in [3.05, 3.63) is 0 Å². The van der Waals surface area contributed by atoms with Gasteiger partial charge in [0.15, 0.2) is 0 Å². The Morgan fingerprint density at radius 2 is 1.25 bits per heavy atom. The van der Waals surface area contributed by atoms with Gasteiger partial charge < -0.3 is 18.9 Å². The van der Waals surface area contributed by atoms with Crippen LogP contribution in [0.5, 0.6) is 0 Å². The average Bonchev–Trinajstić information content (AvgIpc) is 2.25. The summed E-state index contributed by atoms with van der Waals surface area (Å²) in [5, 5.41) is 0. The molecular formula is C11H22O5. The summed E-state index contributed by atoms with van der Waals surface area (Å²) in [7, 11) is 1.64. The quantitative estimate of drug-likeness (QED) is 0.464. The molecule has 5 heteroatoms. The van der Waals surface area contributed by atoms with Crippen LogP contribution in [0.4, 0.5) is 0 Å². The van der Waals surface area contributed by atoms with Crippen LogP contribution in [-0.2, 0) is 23.7 Å². The molecule has 0 saturated heterocycles. The van der Waals surface area contributed by atoms with E-state index < -0.39 is 0 Å². The van der Waals surface area contributed by atoms with Crippen LogP contribution < -0.4 is 0 Å². The van der Waals surface area contributed by atoms with Gasteiger partial charge in [0.25, 0.3) is 0 Å². The fourth-order valence-corrected chi connectivity index (χ4v) is 0.900. The monoisotopic (exact) mass is 234 g/mol. The standard InChI is InChI=1S/C11H22O5/c1-11(12)3-4-14-7-8-16-10-9-15-6-5-13-2/h3-10H2,1-2H3. The molecule has 0 saturated carbocycles. The fourth-order valence-electron chi connectivity index (χ4n) is 0.900. The largest absolute Gasteiger partial charge is 0.382 e. The normalized spacial score (nSPS) is 10.6. The van der Waals surface area contributed by atoms with Gasteiger partial charge in [-0.1, -0.05) is 0 Å². The van der Waals surface area contributed by atoms with E-state index in [1.54, 1.807) is 14.0 Å². The van der Waals surface area contributed by atoms with Crippen molar-refractivity contribution in [1.29, 1.82) is 0 Å². The zero-order chi connectivity index (χ0) is 12.1. The summed E-state index contributed by atoms with van der Waals surface area (Å²) in [5.74, 6) is 0.146. The Bertz CT molecular complexity index is 160. The van der Waals surface area contributed by atoms with Crippen molar-refractivity contribution >= 4 is 5.78 Å². The van der Waals surface area contributed by atoms with Gasteiger partial charge in [-0.15, -0.1) is 0 Å². The minimum Gasteiger partial charge on any atom is -0.382 e. The molecule has 0 aliphatic heterocycles. The Balaban J connectivity index is 2.90. The van der Waals surface area contributed by atoms with Gasteiger partial charge in [0.2, 0.25) is 0 Å². The second-order valence-corrected chi connectivity index (χ2v) is 3.28. The molecule has 0 heterocycles. The lowest BCUT2D eigenvalue weighted by molar-refractivity contribution is -0.118. The SMILES string of the molecule is COCCOCCOCCOCCC(C)=O. The van der Waals surface area contributed by atoms with Crippen LogP contribution in [0, 0.1) is 0 Å². The molecule has 16 heavy (non-hydrogen) atoms. The molecule has 0 atom stereocenters. The summed E-state index contributed by atoms with van der Waals surface area (Å²) in [6.45, 7) is 5.40. The average molecular weight is 234 g/mol. The maximum atomic E-state index is 10.6. The number of carbonyl (C=O) groups is 1. The van der Waals surface area contributed by atoms with Crippen molar-refractivity contribution in [2.75, 3.05) is 53.4 Å². The van der Waals surface area contributed by atoms with Crippen LogP contribution in [0.3, 0.4) is 0 Å². The molecular weight excluding hydrogens is 212 g/mol. The number of hydrogen-bond donors (Lipinski definition) is 0. The van der Waals surface area contributed by atoms with Crippen molar-refractivity contribution in [3.63, 3.8) is 0 Å². The van der Waals surface area contributed by atoms with Gasteiger partial charge in [0, 0.05) is 13.5 Å². The summed E-state index contributed by atoms with van der Waals surface area (Å²) in [5.41, 5.74) is 0. The molecule has 0 spiro atoms. The summed E-state index contributed by atoms with van der Waals surface area (Å²) >= 11 is 0. The first-order chi connectivity index (χ1) is 7.77. The van der Waals surface area contributed by atoms with Crippen molar-refractivity contribution in [2.24, 2.45) is 0 Å². The van der Waals surface area contributed by atoms with Gasteiger partial charge in [-0.3, -0.25) is 4.79 Å². The van der Waals surface area contributed by atoms with Crippen molar-refractivity contribution < 1.29 is 23.7 Å². The Morgan fingerprint density at radius 3 is 1.69 bits per heavy atom. The molecule has 0 bridgehead atoms. The summed E-state index contributed by atoms with van der Waals surface area (Å²) in [4.78, 5) is 10.6. The van der Waals surface area contributed by atoms with Crippen molar-refractivity contribution in [2.45, 2.75) is 13.3 Å². The maximum Gasteiger partial charge on any atom is 0.132 e. The third-order valence-corrected chi connectivity index (χ3v) is 1.77. The zero-order valence-corrected chi connectivity index (χ0v) is 10.2. The number of carbonyl (C=O) groups excluding carboxylic acids is 1. The highest BCUT2D eigenvalue weighted by atomic mass is 16.6. The van der Waals surface area contributed by atoms with Crippen LogP contribution in [0.25, 0.3) is 0 Å². The number of rotatable bonds is 12. The van der Waals surface area contributed by atoms with Crippen molar-refractivity contribution in [1.82, 2.24) is 0 Å². The molecule has 0 radical (unpaired) electrons. The van der Waals surface area contributed by atoms with Gasteiger partial charge in [0.05, 0.1) is 46.2 Å². The Labute approximate surface area is 97.0 Å². The smallest absolute Gasteiger partial charge is 0.132 e. The molecule has 0 fully saturated rings. The Hall–Kier alpha value is -0.490. The van der Waals surface area contributed by atoms with Gasteiger partial charge in [0.1, 0.15) is 5.78 Å². The number of ether oxygens (including phenoxy) is 4. The minimum absolute atomic E-state index is 0.146. The lowest BCUT2D eigenvalue weighted by Gasteiger charge is -2.05. The highest BCUT2D eigenvalue weighted by molar-refractivity contribution is 5.75.